The summed E-state index contributed by atoms with van der Waals surface area (Å²) in [5.74, 6) is -1.21. The number of benzene rings is 1. The van der Waals surface area contributed by atoms with Gasteiger partial charge < -0.3 is 10.2 Å². The van der Waals surface area contributed by atoms with E-state index in [1.54, 1.807) is 0 Å². The van der Waals surface area contributed by atoms with Crippen molar-refractivity contribution in [3.63, 3.8) is 0 Å². The maximum Gasteiger partial charge on any atom is 0.416 e. The van der Waals surface area contributed by atoms with E-state index in [1.165, 1.54) is 0 Å². The van der Waals surface area contributed by atoms with Gasteiger partial charge in [0.05, 0.1) is 11.1 Å². The van der Waals surface area contributed by atoms with Gasteiger partial charge in [-0.15, -0.1) is 0 Å². The van der Waals surface area contributed by atoms with Crippen molar-refractivity contribution in [2.24, 2.45) is 5.92 Å². The zero-order chi connectivity index (χ0) is 29.0. The minimum atomic E-state index is -5.37. The van der Waals surface area contributed by atoms with E-state index in [-0.39, 0.29) is 42.1 Å². The van der Waals surface area contributed by atoms with Crippen molar-refractivity contribution in [2.75, 3.05) is 18.0 Å². The van der Waals surface area contributed by atoms with Gasteiger partial charge in [-0.3, -0.25) is 4.79 Å². The van der Waals surface area contributed by atoms with E-state index in [0.717, 1.165) is 11.1 Å². The topological polar surface area (TPSA) is 58.1 Å². The Morgan fingerprint density at radius 1 is 1.00 bits per heavy atom. The average molecular weight is 576 g/mol. The van der Waals surface area contributed by atoms with Crippen molar-refractivity contribution >= 4 is 11.9 Å². The number of aromatic nitrogens is 2. The largest absolute Gasteiger partial charge is 0.416 e. The van der Waals surface area contributed by atoms with Gasteiger partial charge in [0.25, 0.3) is 6.43 Å². The monoisotopic (exact) mass is 576 g/mol. The van der Waals surface area contributed by atoms with Crippen molar-refractivity contribution in [1.82, 2.24) is 15.3 Å². The molecule has 1 atom stereocenters. The van der Waals surface area contributed by atoms with Crippen LogP contribution in [0.1, 0.15) is 53.6 Å². The van der Waals surface area contributed by atoms with Gasteiger partial charge in [0, 0.05) is 37.3 Å². The second-order valence-electron chi connectivity index (χ2n) is 9.42. The van der Waals surface area contributed by atoms with Crippen LogP contribution >= 0.6 is 0 Å². The summed E-state index contributed by atoms with van der Waals surface area (Å²) < 4.78 is 150. The molecular weight excluding hydrogens is 557 g/mol. The number of rotatable bonds is 6. The molecule has 5 nitrogen and oxygen atoms in total. The minimum absolute atomic E-state index is 0.0172. The predicted octanol–water partition coefficient (Wildman–Crippen LogP) is 6.19. The van der Waals surface area contributed by atoms with E-state index >= 15 is 0 Å². The van der Waals surface area contributed by atoms with Crippen molar-refractivity contribution in [1.29, 1.82) is 0 Å². The van der Waals surface area contributed by atoms with E-state index in [9.17, 15) is 53.1 Å². The molecule has 1 aliphatic heterocycles. The van der Waals surface area contributed by atoms with E-state index in [4.69, 9.17) is 0 Å². The fraction of sp³-hybridized carbons (Fsp3) is 0.522. The SMILES string of the molecule is O=C(NCc1cnc(N2CCC(c3cc(C(F)(F)F)cc(C(F)(F)F)c3)(C(F)(F)F)C2)nc1C(F)F)C1CC1. The molecule has 214 valence electrons. The highest BCUT2D eigenvalue weighted by molar-refractivity contribution is 5.80. The van der Waals surface area contributed by atoms with Crippen LogP contribution < -0.4 is 10.2 Å². The lowest BCUT2D eigenvalue weighted by atomic mass is 9.77. The van der Waals surface area contributed by atoms with Crippen LogP contribution in [0.15, 0.2) is 24.4 Å². The Kier molecular flexibility index (Phi) is 7.21. The normalized spacial score (nSPS) is 20.6. The molecule has 1 N–H and O–H groups in total. The third-order valence-electron chi connectivity index (χ3n) is 6.73. The number of hydrogen-bond acceptors (Lipinski definition) is 4. The summed E-state index contributed by atoms with van der Waals surface area (Å²) in [5.41, 5.74) is -9.38. The Bertz CT molecular complexity index is 1210. The van der Waals surface area contributed by atoms with Gasteiger partial charge in [-0.05, 0) is 43.0 Å². The maximum absolute atomic E-state index is 14.4. The van der Waals surface area contributed by atoms with Gasteiger partial charge in [-0.1, -0.05) is 0 Å². The molecule has 0 spiro atoms. The second-order valence-corrected chi connectivity index (χ2v) is 9.42. The molecule has 4 rings (SSSR count). The first-order valence-corrected chi connectivity index (χ1v) is 11.5. The number of hydrogen-bond donors (Lipinski definition) is 1. The van der Waals surface area contributed by atoms with Crippen LogP contribution in [0.5, 0.6) is 0 Å². The third-order valence-corrected chi connectivity index (χ3v) is 6.73. The molecule has 0 bridgehead atoms. The fourth-order valence-corrected chi connectivity index (χ4v) is 4.40. The van der Waals surface area contributed by atoms with Gasteiger partial charge in [-0.25, -0.2) is 18.7 Å². The molecular formula is C23H19F11N4O. The Labute approximate surface area is 213 Å². The Morgan fingerprint density at radius 3 is 2.08 bits per heavy atom. The molecule has 1 aromatic carbocycles. The van der Waals surface area contributed by atoms with Gasteiger partial charge >= 0.3 is 18.5 Å². The molecule has 2 aliphatic rings. The minimum Gasteiger partial charge on any atom is -0.352 e. The highest BCUT2D eigenvalue weighted by Crippen LogP contribution is 2.50. The Morgan fingerprint density at radius 2 is 1.59 bits per heavy atom. The summed E-state index contributed by atoms with van der Waals surface area (Å²) in [6.07, 6.45) is -18.1. The maximum atomic E-state index is 14.4. The molecule has 0 radical (unpaired) electrons. The third kappa shape index (κ3) is 5.88. The van der Waals surface area contributed by atoms with Crippen LogP contribution in [0.4, 0.5) is 54.2 Å². The molecule has 1 saturated heterocycles. The number of carbonyl (C=O) groups excluding carboxylic acids is 1. The van der Waals surface area contributed by atoms with E-state index in [0.29, 0.717) is 12.8 Å². The standard InChI is InChI=1S/C23H19F11N4O/c24-17(25)16-12(8-35-18(39)11-1-2-11)9-36-19(37-16)38-4-3-20(10-38,23(32,33)34)13-5-14(21(26,27)28)7-15(6-13)22(29,30)31/h5-7,9,11,17H,1-4,8,10H2,(H,35,39). The Hall–Kier alpha value is -3.20. The quantitative estimate of drug-likeness (QED) is 0.417. The molecule has 16 heteroatoms. The smallest absolute Gasteiger partial charge is 0.352 e. The molecule has 1 saturated carbocycles. The van der Waals surface area contributed by atoms with Crippen LogP contribution in [0.2, 0.25) is 0 Å². The number of halogens is 11. The van der Waals surface area contributed by atoms with Crippen LogP contribution in [0, 0.1) is 5.92 Å². The number of carbonyl (C=O) groups is 1. The van der Waals surface area contributed by atoms with Crippen LogP contribution in [0.3, 0.4) is 0 Å². The van der Waals surface area contributed by atoms with Crippen molar-refractivity contribution < 1.29 is 53.1 Å². The summed E-state index contributed by atoms with van der Waals surface area (Å²) in [5, 5.41) is 2.44. The number of nitrogens with zero attached hydrogens (tertiary/aromatic N) is 3. The molecule has 2 aromatic rings. The number of nitrogens with one attached hydrogen (secondary N) is 1. The number of amides is 1. The van der Waals surface area contributed by atoms with Gasteiger partial charge in [0.1, 0.15) is 11.1 Å². The lowest BCUT2D eigenvalue weighted by Gasteiger charge is -2.33. The first-order valence-electron chi connectivity index (χ1n) is 11.5. The summed E-state index contributed by atoms with van der Waals surface area (Å²) in [4.78, 5) is 20.0. The lowest BCUT2D eigenvalue weighted by molar-refractivity contribution is -0.185. The van der Waals surface area contributed by atoms with Crippen LogP contribution in [-0.2, 0) is 29.1 Å². The predicted molar refractivity (Wildman–Crippen MR) is 113 cm³/mol. The molecule has 1 unspecified atom stereocenters. The summed E-state index contributed by atoms with van der Waals surface area (Å²) in [6, 6.07) is -0.244. The molecule has 1 aromatic heterocycles. The van der Waals surface area contributed by atoms with Crippen molar-refractivity contribution in [3.05, 3.63) is 52.3 Å². The average Bonchev–Trinajstić information content (AvgIpc) is 3.58. The molecule has 2 heterocycles. The zero-order valence-electron chi connectivity index (χ0n) is 19.6. The van der Waals surface area contributed by atoms with Crippen molar-refractivity contribution in [3.8, 4) is 0 Å². The van der Waals surface area contributed by atoms with Crippen molar-refractivity contribution in [2.45, 2.75) is 56.2 Å². The zero-order valence-corrected chi connectivity index (χ0v) is 19.6. The first kappa shape index (κ1) is 28.8. The van der Waals surface area contributed by atoms with E-state index in [1.807, 2.05) is 0 Å². The lowest BCUT2D eigenvalue weighted by Crippen LogP contribution is -2.45. The number of anilines is 1. The van der Waals surface area contributed by atoms with Gasteiger partial charge in [0.2, 0.25) is 11.9 Å². The number of alkyl halides is 11. The van der Waals surface area contributed by atoms with Crippen LogP contribution in [0.25, 0.3) is 0 Å². The van der Waals surface area contributed by atoms with E-state index in [2.05, 4.69) is 15.3 Å². The highest BCUT2D eigenvalue weighted by Gasteiger charge is 2.60. The second kappa shape index (κ2) is 9.77. The van der Waals surface area contributed by atoms with Gasteiger partial charge in [0.15, 0.2) is 0 Å². The molecule has 1 amide bonds. The summed E-state index contributed by atoms with van der Waals surface area (Å²) in [7, 11) is 0. The van der Waals surface area contributed by atoms with E-state index < -0.39 is 78.2 Å². The molecule has 2 fully saturated rings. The molecule has 39 heavy (non-hydrogen) atoms. The summed E-state index contributed by atoms with van der Waals surface area (Å²) in [6.45, 7) is -2.18. The van der Waals surface area contributed by atoms with Gasteiger partial charge in [-0.2, -0.15) is 39.5 Å². The highest BCUT2D eigenvalue weighted by atomic mass is 19.4. The van der Waals surface area contributed by atoms with Crippen LogP contribution in [-0.4, -0.2) is 35.1 Å². The fourth-order valence-electron chi connectivity index (χ4n) is 4.40. The first-order chi connectivity index (χ1) is 17.9. The molecule has 1 aliphatic carbocycles. The summed E-state index contributed by atoms with van der Waals surface area (Å²) >= 11 is 0. The Balaban J connectivity index is 1.70.